The van der Waals surface area contributed by atoms with E-state index in [1.165, 1.54) is 12.3 Å². The molecule has 0 amide bonds. The molecule has 0 radical (unpaired) electrons. The predicted octanol–water partition coefficient (Wildman–Crippen LogP) is -0.409. The molecule has 1 unspecified atom stereocenters. The number of aromatic amines is 1. The maximum Gasteiger partial charge on any atom is 0.242 e. The molecule has 1 fully saturated rings. The van der Waals surface area contributed by atoms with E-state index in [1.807, 2.05) is 0 Å². The second-order valence-corrected chi connectivity index (χ2v) is 6.30. The first-order chi connectivity index (χ1) is 9.01. The number of H-pyrrole nitrogens is 1. The zero-order valence-corrected chi connectivity index (χ0v) is 11.5. The molecule has 108 valence electrons. The molecule has 0 aromatic carbocycles. The molecule has 0 bridgehead atoms. The molecule has 1 aliphatic heterocycles. The van der Waals surface area contributed by atoms with Crippen LogP contribution in [0.3, 0.4) is 0 Å². The Morgan fingerprint density at radius 2 is 2.42 bits per heavy atom. The molecule has 8 heteroatoms. The van der Waals surface area contributed by atoms with Crippen LogP contribution in [-0.4, -0.2) is 51.0 Å². The van der Waals surface area contributed by atoms with Gasteiger partial charge in [-0.15, -0.1) is 0 Å². The summed E-state index contributed by atoms with van der Waals surface area (Å²) in [4.78, 5) is 2.79. The number of hydrogen-bond acceptors (Lipinski definition) is 5. The fourth-order valence-corrected chi connectivity index (χ4v) is 3.07. The average Bonchev–Trinajstić information content (AvgIpc) is 3.06. The lowest BCUT2D eigenvalue weighted by atomic mass is 10.0. The number of sulfonamides is 1. The van der Waals surface area contributed by atoms with E-state index in [2.05, 4.69) is 9.71 Å². The summed E-state index contributed by atoms with van der Waals surface area (Å²) in [7, 11) is -2.07. The van der Waals surface area contributed by atoms with Crippen LogP contribution in [0.2, 0.25) is 0 Å². The Bertz CT molecular complexity index is 519. The van der Waals surface area contributed by atoms with Crippen molar-refractivity contribution in [3.05, 3.63) is 18.0 Å². The first-order valence-corrected chi connectivity index (χ1v) is 7.40. The number of aromatic nitrogens is 1. The number of aliphatic hydroxyl groups excluding tert-OH is 1. The lowest BCUT2D eigenvalue weighted by Gasteiger charge is -2.25. The van der Waals surface area contributed by atoms with Gasteiger partial charge in [0.2, 0.25) is 10.0 Å². The first-order valence-electron chi connectivity index (χ1n) is 5.92. The second kappa shape index (κ2) is 5.59. The molecule has 1 atom stereocenters. The van der Waals surface area contributed by atoms with E-state index in [4.69, 9.17) is 14.6 Å². The maximum absolute atomic E-state index is 12.1. The summed E-state index contributed by atoms with van der Waals surface area (Å²) >= 11 is 0. The number of ether oxygens (including phenoxy) is 2. The molecule has 0 saturated carbocycles. The van der Waals surface area contributed by atoms with Crippen LogP contribution in [0.4, 0.5) is 0 Å². The number of hydrogen-bond donors (Lipinski definition) is 3. The predicted molar refractivity (Wildman–Crippen MR) is 67.1 cm³/mol. The summed E-state index contributed by atoms with van der Waals surface area (Å²) < 4.78 is 37.2. The van der Waals surface area contributed by atoms with Crippen LogP contribution in [0.5, 0.6) is 0 Å². The van der Waals surface area contributed by atoms with Gasteiger partial charge in [0, 0.05) is 38.6 Å². The van der Waals surface area contributed by atoms with E-state index >= 15 is 0 Å². The maximum atomic E-state index is 12.1. The minimum atomic E-state index is -3.61. The fraction of sp³-hybridized carbons (Fsp3) is 0.636. The Labute approximate surface area is 112 Å². The van der Waals surface area contributed by atoms with Crippen molar-refractivity contribution in [3.8, 4) is 0 Å². The largest absolute Gasteiger partial charge is 0.390 e. The fourth-order valence-electron chi connectivity index (χ4n) is 1.94. The summed E-state index contributed by atoms with van der Waals surface area (Å²) in [6.07, 6.45) is 2.00. The van der Waals surface area contributed by atoms with Crippen molar-refractivity contribution in [3.63, 3.8) is 0 Å². The van der Waals surface area contributed by atoms with Crippen molar-refractivity contribution in [1.29, 1.82) is 0 Å². The summed E-state index contributed by atoms with van der Waals surface area (Å²) in [5, 5.41) is 8.92. The number of methoxy groups -OCH3 is 1. The van der Waals surface area contributed by atoms with Crippen LogP contribution in [-0.2, 0) is 26.1 Å². The van der Waals surface area contributed by atoms with Gasteiger partial charge >= 0.3 is 0 Å². The topological polar surface area (TPSA) is 101 Å². The highest BCUT2D eigenvalue weighted by Gasteiger charge is 2.36. The molecule has 1 saturated heterocycles. The minimum Gasteiger partial charge on any atom is -0.390 e. The van der Waals surface area contributed by atoms with Crippen molar-refractivity contribution in [2.75, 3.05) is 26.9 Å². The molecule has 1 aromatic heterocycles. The van der Waals surface area contributed by atoms with Gasteiger partial charge in [-0.05, 0) is 6.07 Å². The Morgan fingerprint density at radius 3 is 2.95 bits per heavy atom. The van der Waals surface area contributed by atoms with Crippen molar-refractivity contribution in [2.24, 2.45) is 0 Å². The average molecular weight is 290 g/mol. The molecule has 1 aliphatic rings. The van der Waals surface area contributed by atoms with Crippen LogP contribution in [0, 0.1) is 0 Å². The lowest BCUT2D eigenvalue weighted by molar-refractivity contribution is -0.0120. The Balaban J connectivity index is 2.05. The van der Waals surface area contributed by atoms with Crippen molar-refractivity contribution >= 4 is 10.0 Å². The van der Waals surface area contributed by atoms with Gasteiger partial charge in [-0.25, -0.2) is 13.1 Å². The van der Waals surface area contributed by atoms with Gasteiger partial charge in [-0.3, -0.25) is 0 Å². The van der Waals surface area contributed by atoms with E-state index in [9.17, 15) is 8.42 Å². The van der Waals surface area contributed by atoms with Crippen LogP contribution in [0.1, 0.15) is 12.1 Å². The monoisotopic (exact) mass is 290 g/mol. The molecule has 1 aromatic rings. The zero-order valence-electron chi connectivity index (χ0n) is 10.7. The van der Waals surface area contributed by atoms with Gasteiger partial charge in [0.1, 0.15) is 5.60 Å². The van der Waals surface area contributed by atoms with Crippen LogP contribution in [0.15, 0.2) is 17.2 Å². The van der Waals surface area contributed by atoms with Crippen molar-refractivity contribution in [1.82, 2.24) is 9.71 Å². The van der Waals surface area contributed by atoms with Crippen LogP contribution in [0.25, 0.3) is 0 Å². The molecule has 2 heterocycles. The standard InChI is InChI=1S/C11H18N2O5S/c1-17-11(2-3-18-8-11)7-13-19(15,16)10-4-9(6-14)12-5-10/h4-5,12-14H,2-3,6-8H2,1H3. The Hall–Kier alpha value is -0.930. The van der Waals surface area contributed by atoms with Crippen molar-refractivity contribution in [2.45, 2.75) is 23.5 Å². The molecule has 0 spiro atoms. The minimum absolute atomic E-state index is 0.0988. The Morgan fingerprint density at radius 1 is 1.63 bits per heavy atom. The van der Waals surface area contributed by atoms with E-state index in [0.29, 0.717) is 25.3 Å². The second-order valence-electron chi connectivity index (χ2n) is 4.53. The molecule has 2 rings (SSSR count). The number of aliphatic hydroxyl groups is 1. The third-order valence-electron chi connectivity index (χ3n) is 3.28. The lowest BCUT2D eigenvalue weighted by Crippen LogP contribution is -2.44. The van der Waals surface area contributed by atoms with Gasteiger partial charge in [-0.1, -0.05) is 0 Å². The Kier molecular flexibility index (Phi) is 4.26. The third kappa shape index (κ3) is 3.15. The van der Waals surface area contributed by atoms with Crippen LogP contribution < -0.4 is 4.72 Å². The first kappa shape index (κ1) is 14.5. The molecule has 19 heavy (non-hydrogen) atoms. The van der Waals surface area contributed by atoms with E-state index < -0.39 is 15.6 Å². The highest BCUT2D eigenvalue weighted by atomic mass is 32.2. The van der Waals surface area contributed by atoms with Gasteiger partial charge in [-0.2, -0.15) is 0 Å². The smallest absolute Gasteiger partial charge is 0.242 e. The summed E-state index contributed by atoms with van der Waals surface area (Å²) in [6.45, 7) is 0.867. The van der Waals surface area contributed by atoms with E-state index in [0.717, 1.165) is 0 Å². The normalized spacial score (nSPS) is 23.9. The number of rotatable bonds is 6. The SMILES string of the molecule is COC1(CNS(=O)(=O)c2c[nH]c(CO)c2)CCOC1. The van der Waals surface area contributed by atoms with Crippen molar-refractivity contribution < 1.29 is 23.0 Å². The van der Waals surface area contributed by atoms with Gasteiger partial charge < -0.3 is 19.6 Å². The van der Waals surface area contributed by atoms with Gasteiger partial charge in [0.25, 0.3) is 0 Å². The summed E-state index contributed by atoms with van der Waals surface area (Å²) in [5.41, 5.74) is -0.144. The molecule has 0 aliphatic carbocycles. The van der Waals surface area contributed by atoms with E-state index in [1.54, 1.807) is 7.11 Å². The van der Waals surface area contributed by atoms with Gasteiger partial charge in [0.15, 0.2) is 0 Å². The number of nitrogens with one attached hydrogen (secondary N) is 2. The third-order valence-corrected chi connectivity index (χ3v) is 4.66. The molecule has 3 N–H and O–H groups in total. The summed E-state index contributed by atoms with van der Waals surface area (Å²) in [5.74, 6) is 0. The van der Waals surface area contributed by atoms with E-state index in [-0.39, 0.29) is 18.0 Å². The molecular weight excluding hydrogens is 272 g/mol. The zero-order chi connectivity index (χ0) is 13.9. The summed E-state index contributed by atoms with van der Waals surface area (Å²) in [6, 6.07) is 1.40. The highest BCUT2D eigenvalue weighted by Crippen LogP contribution is 2.22. The van der Waals surface area contributed by atoms with Gasteiger partial charge in [0.05, 0.1) is 18.1 Å². The quantitative estimate of drug-likeness (QED) is 0.661. The highest BCUT2D eigenvalue weighted by molar-refractivity contribution is 7.89. The molecular formula is C11H18N2O5S. The van der Waals surface area contributed by atoms with Crippen LogP contribution >= 0.6 is 0 Å². The molecule has 7 nitrogen and oxygen atoms in total.